The van der Waals surface area contributed by atoms with Crippen LogP contribution in [0.3, 0.4) is 0 Å². The first-order valence-corrected chi connectivity index (χ1v) is 9.35. The molecule has 0 aliphatic carbocycles. The van der Waals surface area contributed by atoms with E-state index in [0.29, 0.717) is 35.6 Å². The molecule has 0 bridgehead atoms. The van der Waals surface area contributed by atoms with Crippen molar-refractivity contribution in [3.05, 3.63) is 50.3 Å². The topological polar surface area (TPSA) is 102 Å². The quantitative estimate of drug-likeness (QED) is 0.769. The second-order valence-electron chi connectivity index (χ2n) is 5.68. The first kappa shape index (κ1) is 18.4. The molecule has 0 unspecified atom stereocenters. The summed E-state index contributed by atoms with van der Waals surface area (Å²) in [5.74, 6) is -0.934. The maximum Gasteiger partial charge on any atom is 0.409 e. The Hall–Kier alpha value is -2.39. The SMILES string of the molecule is COC(=O)N1CCc2c(sc(NC(=O)c3cccc(Br)c3)c2C(N)=O)C1. The van der Waals surface area contributed by atoms with E-state index in [0.717, 1.165) is 14.9 Å². The summed E-state index contributed by atoms with van der Waals surface area (Å²) in [6.07, 6.45) is 0.0517. The number of anilines is 1. The molecule has 7 nitrogen and oxygen atoms in total. The summed E-state index contributed by atoms with van der Waals surface area (Å²) in [5, 5.41) is 3.18. The van der Waals surface area contributed by atoms with Crippen molar-refractivity contribution < 1.29 is 19.1 Å². The Morgan fingerprint density at radius 1 is 1.35 bits per heavy atom. The van der Waals surface area contributed by atoms with Gasteiger partial charge in [-0.05, 0) is 30.2 Å². The van der Waals surface area contributed by atoms with Crippen molar-refractivity contribution in [2.45, 2.75) is 13.0 Å². The highest BCUT2D eigenvalue weighted by Crippen LogP contribution is 2.37. The van der Waals surface area contributed by atoms with Gasteiger partial charge in [0.15, 0.2) is 0 Å². The van der Waals surface area contributed by atoms with E-state index in [2.05, 4.69) is 21.2 Å². The van der Waals surface area contributed by atoms with Gasteiger partial charge in [-0.15, -0.1) is 11.3 Å². The number of methoxy groups -OCH3 is 1. The summed E-state index contributed by atoms with van der Waals surface area (Å²) in [6.45, 7) is 0.745. The third-order valence-electron chi connectivity index (χ3n) is 4.05. The Kier molecular flexibility index (Phi) is 5.28. The molecule has 9 heteroatoms. The molecule has 2 heterocycles. The molecule has 3 amide bonds. The van der Waals surface area contributed by atoms with Crippen LogP contribution in [0.4, 0.5) is 9.80 Å². The van der Waals surface area contributed by atoms with Crippen LogP contribution in [0.5, 0.6) is 0 Å². The van der Waals surface area contributed by atoms with Crippen molar-refractivity contribution in [1.82, 2.24) is 4.90 Å². The summed E-state index contributed by atoms with van der Waals surface area (Å²) in [6, 6.07) is 6.93. The van der Waals surface area contributed by atoms with Crippen LogP contribution in [0.2, 0.25) is 0 Å². The molecule has 2 aromatic rings. The van der Waals surface area contributed by atoms with Crippen molar-refractivity contribution in [2.75, 3.05) is 19.0 Å². The molecule has 26 heavy (non-hydrogen) atoms. The van der Waals surface area contributed by atoms with Crippen molar-refractivity contribution >= 4 is 50.2 Å². The molecular formula is C17H16BrN3O4S. The van der Waals surface area contributed by atoms with Gasteiger partial charge < -0.3 is 20.7 Å². The van der Waals surface area contributed by atoms with E-state index in [9.17, 15) is 14.4 Å². The average molecular weight is 438 g/mol. The number of nitrogens with two attached hydrogens (primary N) is 1. The number of halogens is 1. The van der Waals surface area contributed by atoms with Crippen LogP contribution in [-0.4, -0.2) is 36.5 Å². The van der Waals surface area contributed by atoms with Gasteiger partial charge in [-0.2, -0.15) is 0 Å². The number of hydrogen-bond acceptors (Lipinski definition) is 5. The average Bonchev–Trinajstić information content (AvgIpc) is 2.97. The third kappa shape index (κ3) is 3.58. The van der Waals surface area contributed by atoms with Crippen LogP contribution >= 0.6 is 27.3 Å². The van der Waals surface area contributed by atoms with Crippen molar-refractivity contribution in [3.63, 3.8) is 0 Å². The van der Waals surface area contributed by atoms with E-state index >= 15 is 0 Å². The first-order valence-electron chi connectivity index (χ1n) is 7.75. The lowest BCUT2D eigenvalue weighted by atomic mass is 10.0. The molecule has 3 N–H and O–H groups in total. The molecule has 3 rings (SSSR count). The highest BCUT2D eigenvalue weighted by Gasteiger charge is 2.29. The van der Waals surface area contributed by atoms with E-state index < -0.39 is 12.0 Å². The van der Waals surface area contributed by atoms with Crippen LogP contribution in [0.25, 0.3) is 0 Å². The Bertz CT molecular complexity index is 896. The van der Waals surface area contributed by atoms with Crippen LogP contribution < -0.4 is 11.1 Å². The molecule has 0 radical (unpaired) electrons. The van der Waals surface area contributed by atoms with E-state index in [-0.39, 0.29) is 5.91 Å². The highest BCUT2D eigenvalue weighted by molar-refractivity contribution is 9.10. The lowest BCUT2D eigenvalue weighted by molar-refractivity contribution is 0.0999. The predicted octanol–water partition coefficient (Wildman–Crippen LogP) is 2.99. The fraction of sp³-hybridized carbons (Fsp3) is 0.235. The van der Waals surface area contributed by atoms with Crippen LogP contribution in [0.15, 0.2) is 28.7 Å². The summed E-state index contributed by atoms with van der Waals surface area (Å²) in [4.78, 5) is 38.6. The predicted molar refractivity (Wildman–Crippen MR) is 101 cm³/mol. The number of fused-ring (bicyclic) bond motifs is 1. The summed E-state index contributed by atoms with van der Waals surface area (Å²) in [5.41, 5.74) is 7.10. The standard InChI is InChI=1S/C17H16BrN3O4S/c1-25-17(24)21-6-5-11-12(8-21)26-16(13(11)14(19)22)20-15(23)9-3-2-4-10(18)7-9/h2-4,7H,5-6,8H2,1H3,(H2,19,22)(H,20,23). The number of hydrogen-bond donors (Lipinski definition) is 2. The van der Waals surface area contributed by atoms with Gasteiger partial charge in [-0.1, -0.05) is 22.0 Å². The van der Waals surface area contributed by atoms with Crippen molar-refractivity contribution in [2.24, 2.45) is 5.73 Å². The number of ether oxygens (including phenoxy) is 1. The molecule has 1 aliphatic heterocycles. The Morgan fingerprint density at radius 2 is 2.12 bits per heavy atom. The number of thiophene rings is 1. The van der Waals surface area contributed by atoms with Gasteiger partial charge in [0.1, 0.15) is 5.00 Å². The number of nitrogens with one attached hydrogen (secondary N) is 1. The van der Waals surface area contributed by atoms with Gasteiger partial charge in [-0.25, -0.2) is 4.79 Å². The van der Waals surface area contributed by atoms with Crippen molar-refractivity contribution in [3.8, 4) is 0 Å². The van der Waals surface area contributed by atoms with Crippen molar-refractivity contribution in [1.29, 1.82) is 0 Å². The maximum absolute atomic E-state index is 12.5. The fourth-order valence-electron chi connectivity index (χ4n) is 2.84. The lowest BCUT2D eigenvalue weighted by Gasteiger charge is -2.25. The minimum Gasteiger partial charge on any atom is -0.453 e. The number of amides is 3. The van der Waals surface area contributed by atoms with Crippen LogP contribution in [0.1, 0.15) is 31.2 Å². The fourth-order valence-corrected chi connectivity index (χ4v) is 4.51. The largest absolute Gasteiger partial charge is 0.453 e. The van der Waals surface area contributed by atoms with E-state index in [1.165, 1.54) is 18.4 Å². The number of nitrogens with zero attached hydrogens (tertiary/aromatic N) is 1. The molecule has 0 fully saturated rings. The zero-order valence-corrected chi connectivity index (χ0v) is 16.3. The number of carbonyl (C=O) groups excluding carboxylic acids is 3. The zero-order chi connectivity index (χ0) is 18.8. The normalized spacial score (nSPS) is 13.1. The molecule has 1 aliphatic rings. The van der Waals surface area contributed by atoms with Gasteiger partial charge in [0.25, 0.3) is 11.8 Å². The summed E-state index contributed by atoms with van der Waals surface area (Å²) < 4.78 is 5.53. The maximum atomic E-state index is 12.5. The molecule has 1 aromatic carbocycles. The van der Waals surface area contributed by atoms with Crippen LogP contribution in [0, 0.1) is 0 Å². The number of benzene rings is 1. The van der Waals surface area contributed by atoms with Gasteiger partial charge in [0, 0.05) is 21.5 Å². The number of primary amides is 1. The molecule has 0 spiro atoms. The van der Waals surface area contributed by atoms with Gasteiger partial charge in [0.2, 0.25) is 0 Å². The van der Waals surface area contributed by atoms with Gasteiger partial charge in [0.05, 0.1) is 19.2 Å². The van der Waals surface area contributed by atoms with Gasteiger partial charge >= 0.3 is 6.09 Å². The van der Waals surface area contributed by atoms with Gasteiger partial charge in [-0.3, -0.25) is 9.59 Å². The monoisotopic (exact) mass is 437 g/mol. The Morgan fingerprint density at radius 3 is 2.77 bits per heavy atom. The third-order valence-corrected chi connectivity index (χ3v) is 5.68. The molecule has 0 saturated carbocycles. The number of rotatable bonds is 3. The molecular weight excluding hydrogens is 422 g/mol. The lowest BCUT2D eigenvalue weighted by Crippen LogP contribution is -2.35. The number of carbonyl (C=O) groups is 3. The smallest absolute Gasteiger partial charge is 0.409 e. The van der Waals surface area contributed by atoms with E-state index in [1.54, 1.807) is 23.1 Å². The molecule has 136 valence electrons. The first-order chi connectivity index (χ1) is 12.4. The Balaban J connectivity index is 1.91. The molecule has 0 atom stereocenters. The zero-order valence-electron chi connectivity index (χ0n) is 13.9. The summed E-state index contributed by atoms with van der Waals surface area (Å²) >= 11 is 4.58. The minimum atomic E-state index is -0.599. The second kappa shape index (κ2) is 7.46. The summed E-state index contributed by atoms with van der Waals surface area (Å²) in [7, 11) is 1.32. The highest BCUT2D eigenvalue weighted by atomic mass is 79.9. The molecule has 1 aromatic heterocycles. The van der Waals surface area contributed by atoms with E-state index in [4.69, 9.17) is 10.5 Å². The minimum absolute atomic E-state index is 0.317. The molecule has 0 saturated heterocycles. The van der Waals surface area contributed by atoms with Crippen LogP contribution in [-0.2, 0) is 17.7 Å². The Labute approximate surface area is 162 Å². The second-order valence-corrected chi connectivity index (χ2v) is 7.70. The van der Waals surface area contributed by atoms with E-state index in [1.807, 2.05) is 6.07 Å².